The molecule has 0 fully saturated rings. The molecule has 0 amide bonds. The molecule has 1 aromatic rings. The highest BCUT2D eigenvalue weighted by Crippen LogP contribution is 2.24. The van der Waals surface area contributed by atoms with Gasteiger partial charge in [0.1, 0.15) is 0 Å². The summed E-state index contributed by atoms with van der Waals surface area (Å²) in [6, 6.07) is 4.15. The fourth-order valence-corrected chi connectivity index (χ4v) is 2.69. The Balaban J connectivity index is 3.23. The zero-order valence-corrected chi connectivity index (χ0v) is 13.4. The molecule has 0 aliphatic carbocycles. The molecular weight excluding hydrogens is 234 g/mol. The van der Waals surface area contributed by atoms with Gasteiger partial charge in [0.2, 0.25) is 0 Å². The number of hydrogen-bond acceptors (Lipinski definition) is 2. The molecule has 0 radical (unpaired) electrons. The number of Topliss-reactive ketones (excluding diaryl/α,β-unsaturated/α-hetero) is 1. The molecule has 0 saturated heterocycles. The second-order valence-corrected chi connectivity index (χ2v) is 5.81. The van der Waals surface area contributed by atoms with Crippen molar-refractivity contribution in [2.24, 2.45) is 0 Å². The maximum Gasteiger partial charge on any atom is 0.182 e. The van der Waals surface area contributed by atoms with Crippen LogP contribution in [0.1, 0.15) is 54.7 Å². The smallest absolute Gasteiger partial charge is 0.182 e. The van der Waals surface area contributed by atoms with Crippen LogP contribution in [-0.2, 0) is 0 Å². The first-order valence-corrected chi connectivity index (χ1v) is 7.13. The van der Waals surface area contributed by atoms with Crippen molar-refractivity contribution in [3.05, 3.63) is 34.4 Å². The Morgan fingerprint density at radius 2 is 1.47 bits per heavy atom. The highest BCUT2D eigenvalue weighted by Gasteiger charge is 2.34. The van der Waals surface area contributed by atoms with Crippen LogP contribution in [0.25, 0.3) is 0 Å². The van der Waals surface area contributed by atoms with Crippen molar-refractivity contribution in [2.75, 3.05) is 13.1 Å². The molecule has 0 aliphatic heterocycles. The molecule has 0 unspecified atom stereocenters. The third-order valence-corrected chi connectivity index (χ3v) is 4.20. The average molecular weight is 261 g/mol. The molecule has 106 valence electrons. The van der Waals surface area contributed by atoms with E-state index < -0.39 is 5.54 Å². The number of nitrogens with zero attached hydrogens (tertiary/aromatic N) is 1. The molecule has 0 saturated carbocycles. The van der Waals surface area contributed by atoms with Gasteiger partial charge < -0.3 is 0 Å². The van der Waals surface area contributed by atoms with Gasteiger partial charge in [0.25, 0.3) is 0 Å². The summed E-state index contributed by atoms with van der Waals surface area (Å²) >= 11 is 0. The van der Waals surface area contributed by atoms with E-state index in [0.29, 0.717) is 0 Å². The van der Waals surface area contributed by atoms with Gasteiger partial charge in [-0.25, -0.2) is 0 Å². The molecule has 0 aliphatic rings. The predicted molar refractivity (Wildman–Crippen MR) is 82.0 cm³/mol. The van der Waals surface area contributed by atoms with Crippen molar-refractivity contribution in [2.45, 2.75) is 54.0 Å². The summed E-state index contributed by atoms with van der Waals surface area (Å²) in [5.74, 6) is 0.219. The second kappa shape index (κ2) is 5.87. The summed E-state index contributed by atoms with van der Waals surface area (Å²) in [4.78, 5) is 15.1. The van der Waals surface area contributed by atoms with Gasteiger partial charge in [-0.1, -0.05) is 19.9 Å². The van der Waals surface area contributed by atoms with Crippen LogP contribution >= 0.6 is 0 Å². The minimum Gasteiger partial charge on any atom is -0.292 e. The van der Waals surface area contributed by atoms with E-state index in [-0.39, 0.29) is 5.78 Å². The summed E-state index contributed by atoms with van der Waals surface area (Å²) in [5.41, 5.74) is 3.92. The van der Waals surface area contributed by atoms with Crippen LogP contribution in [-0.4, -0.2) is 29.3 Å². The summed E-state index contributed by atoms with van der Waals surface area (Å²) in [7, 11) is 0. The van der Waals surface area contributed by atoms with Crippen molar-refractivity contribution in [3.63, 3.8) is 0 Å². The normalized spacial score (nSPS) is 12.0. The Morgan fingerprint density at radius 3 is 1.95 bits per heavy atom. The fourth-order valence-electron chi connectivity index (χ4n) is 2.69. The third-order valence-electron chi connectivity index (χ3n) is 4.20. The van der Waals surface area contributed by atoms with Crippen molar-refractivity contribution in [1.82, 2.24) is 4.90 Å². The first-order chi connectivity index (χ1) is 8.75. The second-order valence-electron chi connectivity index (χ2n) is 5.81. The summed E-state index contributed by atoms with van der Waals surface area (Å²) in [6.07, 6.45) is 0. The van der Waals surface area contributed by atoms with E-state index in [9.17, 15) is 4.79 Å². The topological polar surface area (TPSA) is 20.3 Å². The van der Waals surface area contributed by atoms with Gasteiger partial charge in [0.15, 0.2) is 5.78 Å². The van der Waals surface area contributed by atoms with Crippen LogP contribution in [0.3, 0.4) is 0 Å². The number of aryl methyl sites for hydroxylation is 3. The Labute approximate surface area is 117 Å². The number of likely N-dealkylation sites (N-methyl/N-ethyl adjacent to an activating group) is 1. The lowest BCUT2D eigenvalue weighted by Gasteiger charge is -2.36. The molecule has 0 spiro atoms. The van der Waals surface area contributed by atoms with E-state index in [1.54, 1.807) is 0 Å². The van der Waals surface area contributed by atoms with Crippen LogP contribution in [0.15, 0.2) is 12.1 Å². The molecule has 0 heterocycles. The van der Waals surface area contributed by atoms with Gasteiger partial charge in [-0.15, -0.1) is 0 Å². The van der Waals surface area contributed by atoms with Gasteiger partial charge in [0, 0.05) is 5.56 Å². The van der Waals surface area contributed by atoms with Crippen molar-refractivity contribution >= 4 is 5.78 Å². The lowest BCUT2D eigenvalue weighted by Crippen LogP contribution is -2.50. The molecule has 1 rings (SSSR count). The van der Waals surface area contributed by atoms with Crippen molar-refractivity contribution < 1.29 is 4.79 Å². The number of benzene rings is 1. The standard InChI is InChI=1S/C17H27NO/c1-8-18(9-2)17(6,7)16(19)15-11-13(4)12(3)10-14(15)5/h10-11H,8-9H2,1-7H3. The summed E-state index contributed by atoms with van der Waals surface area (Å²) in [5, 5.41) is 0. The van der Waals surface area contributed by atoms with E-state index >= 15 is 0 Å². The Morgan fingerprint density at radius 1 is 1.00 bits per heavy atom. The number of rotatable bonds is 5. The average Bonchev–Trinajstić information content (AvgIpc) is 2.34. The van der Waals surface area contributed by atoms with Gasteiger partial charge in [0.05, 0.1) is 5.54 Å². The number of carbonyl (C=O) groups is 1. The van der Waals surface area contributed by atoms with Crippen LogP contribution in [0.5, 0.6) is 0 Å². The van der Waals surface area contributed by atoms with Crippen LogP contribution in [0, 0.1) is 20.8 Å². The van der Waals surface area contributed by atoms with E-state index in [4.69, 9.17) is 0 Å². The highest BCUT2D eigenvalue weighted by molar-refractivity contribution is 6.04. The number of hydrogen-bond donors (Lipinski definition) is 0. The van der Waals surface area contributed by atoms with Crippen LogP contribution in [0.2, 0.25) is 0 Å². The lowest BCUT2D eigenvalue weighted by molar-refractivity contribution is 0.0668. The number of carbonyl (C=O) groups excluding carboxylic acids is 1. The Bertz CT molecular complexity index is 470. The maximum absolute atomic E-state index is 12.9. The van der Waals surface area contributed by atoms with E-state index in [0.717, 1.165) is 24.2 Å². The maximum atomic E-state index is 12.9. The predicted octanol–water partition coefficient (Wildman–Crippen LogP) is 3.91. The molecule has 1 aromatic carbocycles. The molecular formula is C17H27NO. The summed E-state index contributed by atoms with van der Waals surface area (Å²) < 4.78 is 0. The first kappa shape index (κ1) is 15.9. The Kier molecular flexibility index (Phi) is 4.92. The van der Waals surface area contributed by atoms with Gasteiger partial charge in [-0.3, -0.25) is 9.69 Å². The van der Waals surface area contributed by atoms with Gasteiger partial charge in [-0.05, 0) is 70.5 Å². The zero-order valence-electron chi connectivity index (χ0n) is 13.4. The SMILES string of the molecule is CCN(CC)C(C)(C)C(=O)c1cc(C)c(C)cc1C. The van der Waals surface area contributed by atoms with Crippen molar-refractivity contribution in [1.29, 1.82) is 0 Å². The van der Waals surface area contributed by atoms with Crippen LogP contribution in [0.4, 0.5) is 0 Å². The van der Waals surface area contributed by atoms with E-state index in [1.165, 1.54) is 11.1 Å². The largest absolute Gasteiger partial charge is 0.292 e. The van der Waals surface area contributed by atoms with Crippen molar-refractivity contribution in [3.8, 4) is 0 Å². The first-order valence-electron chi connectivity index (χ1n) is 7.13. The highest BCUT2D eigenvalue weighted by atomic mass is 16.1. The third kappa shape index (κ3) is 3.06. The molecule has 19 heavy (non-hydrogen) atoms. The molecule has 2 nitrogen and oxygen atoms in total. The van der Waals surface area contributed by atoms with E-state index in [1.807, 2.05) is 26.8 Å². The molecule has 0 aromatic heterocycles. The monoisotopic (exact) mass is 261 g/mol. The zero-order chi connectivity index (χ0) is 14.8. The minimum atomic E-state index is -0.448. The lowest BCUT2D eigenvalue weighted by atomic mass is 9.87. The number of ketones is 1. The fraction of sp³-hybridized carbons (Fsp3) is 0.588. The minimum absolute atomic E-state index is 0.219. The van der Waals surface area contributed by atoms with Crippen LogP contribution < -0.4 is 0 Å². The molecule has 0 N–H and O–H groups in total. The van der Waals surface area contributed by atoms with Gasteiger partial charge >= 0.3 is 0 Å². The summed E-state index contributed by atoms with van der Waals surface area (Å²) in [6.45, 7) is 16.2. The Hall–Kier alpha value is -1.15. The molecule has 2 heteroatoms. The van der Waals surface area contributed by atoms with Gasteiger partial charge in [-0.2, -0.15) is 0 Å². The molecule has 0 bridgehead atoms. The molecule has 0 atom stereocenters. The van der Waals surface area contributed by atoms with E-state index in [2.05, 4.69) is 38.7 Å². The quantitative estimate of drug-likeness (QED) is 0.749.